The zero-order valence-electron chi connectivity index (χ0n) is 12.3. The lowest BCUT2D eigenvalue weighted by molar-refractivity contribution is 0.0192. The number of phenolic OH excluding ortho intramolecular Hbond substituents is 1. The van der Waals surface area contributed by atoms with E-state index < -0.39 is 30.4 Å². The Morgan fingerprint density at radius 2 is 2.00 bits per heavy atom. The van der Waals surface area contributed by atoms with Crippen LogP contribution in [0.4, 0.5) is 10.5 Å². The van der Waals surface area contributed by atoms with Gasteiger partial charge in [0.2, 0.25) is 0 Å². The van der Waals surface area contributed by atoms with Gasteiger partial charge in [-0.05, 0) is 6.07 Å². The predicted molar refractivity (Wildman–Crippen MR) is 81.3 cm³/mol. The van der Waals surface area contributed by atoms with E-state index in [1.165, 1.54) is 18.2 Å². The number of aliphatic hydroxyl groups excluding tert-OH is 3. The molecule has 128 valence electrons. The van der Waals surface area contributed by atoms with Crippen molar-refractivity contribution < 1.29 is 30.3 Å². The average molecular weight is 327 g/mol. The molecule has 1 saturated heterocycles. The van der Waals surface area contributed by atoms with Crippen molar-refractivity contribution in [3.05, 3.63) is 23.8 Å². The van der Waals surface area contributed by atoms with Crippen LogP contribution in [0.2, 0.25) is 0 Å². The summed E-state index contributed by atoms with van der Waals surface area (Å²) in [6, 6.07) is 2.72. The molecule has 1 amide bonds. The number of carbonyl (C=O) groups is 1. The molecule has 1 fully saturated rings. The van der Waals surface area contributed by atoms with Crippen LogP contribution >= 0.6 is 0 Å². The smallest absolute Gasteiger partial charge is 0.411 e. The Morgan fingerprint density at radius 1 is 1.30 bits per heavy atom. The highest BCUT2D eigenvalue weighted by Gasteiger charge is 2.42. The van der Waals surface area contributed by atoms with E-state index in [4.69, 9.17) is 15.9 Å². The zero-order valence-corrected chi connectivity index (χ0v) is 12.3. The summed E-state index contributed by atoms with van der Waals surface area (Å²) in [5.74, 6) is -0.229. The van der Waals surface area contributed by atoms with Gasteiger partial charge in [-0.1, -0.05) is 6.07 Å². The van der Waals surface area contributed by atoms with Crippen LogP contribution in [0, 0.1) is 0 Å². The molecule has 1 aromatic carbocycles. The minimum absolute atomic E-state index is 0.0731. The molecule has 2 rings (SSSR count). The Bertz CT molecular complexity index is 569. The molecule has 8 N–H and O–H groups in total. The van der Waals surface area contributed by atoms with E-state index in [9.17, 15) is 20.1 Å². The second kappa shape index (κ2) is 7.11. The quantitative estimate of drug-likeness (QED) is 0.346. The van der Waals surface area contributed by atoms with Crippen molar-refractivity contribution in [1.29, 1.82) is 0 Å². The molecule has 0 saturated carbocycles. The Kier molecular flexibility index (Phi) is 5.39. The Balaban J connectivity index is 2.28. The van der Waals surface area contributed by atoms with Crippen LogP contribution in [-0.4, -0.2) is 69.6 Å². The standard InChI is InChI=1S/C14H21N3O6/c15-3-4-17(14(22)23)7-1-2-8(10(19)5-7)11-13(21)12(20)9(6-18)16-11/h1-2,5,9,11-13,16,18-21H,3-4,6,15H2,(H,22,23)/t9-,11+,12-,13+/m1/s1. The fourth-order valence-electron chi connectivity index (χ4n) is 2.72. The highest BCUT2D eigenvalue weighted by atomic mass is 16.4. The maximum absolute atomic E-state index is 11.2. The van der Waals surface area contributed by atoms with Gasteiger partial charge in [-0.15, -0.1) is 0 Å². The fraction of sp³-hybridized carbons (Fsp3) is 0.500. The summed E-state index contributed by atoms with van der Waals surface area (Å²) in [6.07, 6.45) is -3.57. The van der Waals surface area contributed by atoms with Gasteiger partial charge >= 0.3 is 6.09 Å². The first-order valence-corrected chi connectivity index (χ1v) is 7.17. The molecule has 0 spiro atoms. The van der Waals surface area contributed by atoms with Crippen molar-refractivity contribution in [2.45, 2.75) is 24.3 Å². The molecule has 0 radical (unpaired) electrons. The van der Waals surface area contributed by atoms with E-state index >= 15 is 0 Å². The zero-order chi connectivity index (χ0) is 17.1. The summed E-state index contributed by atoms with van der Waals surface area (Å²) in [4.78, 5) is 12.2. The van der Waals surface area contributed by atoms with Crippen LogP contribution in [0.15, 0.2) is 18.2 Å². The number of hydrogen-bond donors (Lipinski definition) is 7. The van der Waals surface area contributed by atoms with E-state index in [1.807, 2.05) is 0 Å². The number of nitrogens with two attached hydrogens (primary N) is 1. The Hall–Kier alpha value is -1.91. The molecule has 23 heavy (non-hydrogen) atoms. The molecule has 1 aliphatic rings. The SMILES string of the molecule is NCCN(C(=O)O)c1ccc([C@@H]2N[C@H](CO)[C@@H](O)[C@H]2O)c(O)c1. The van der Waals surface area contributed by atoms with Crippen molar-refractivity contribution in [3.63, 3.8) is 0 Å². The lowest BCUT2D eigenvalue weighted by Gasteiger charge is -2.22. The third kappa shape index (κ3) is 3.38. The predicted octanol–water partition coefficient (Wildman–Crippen LogP) is -1.44. The number of aromatic hydroxyl groups is 1. The molecule has 9 nitrogen and oxygen atoms in total. The van der Waals surface area contributed by atoms with Crippen molar-refractivity contribution in [3.8, 4) is 5.75 Å². The van der Waals surface area contributed by atoms with Gasteiger partial charge < -0.3 is 36.6 Å². The van der Waals surface area contributed by atoms with Crippen LogP contribution in [0.5, 0.6) is 5.75 Å². The molecular formula is C14H21N3O6. The maximum atomic E-state index is 11.2. The first kappa shape index (κ1) is 17.4. The van der Waals surface area contributed by atoms with Crippen LogP contribution < -0.4 is 16.0 Å². The van der Waals surface area contributed by atoms with Gasteiger partial charge in [0.05, 0.1) is 30.5 Å². The monoisotopic (exact) mass is 327 g/mol. The molecule has 0 aromatic heterocycles. The number of aliphatic hydroxyl groups is 3. The fourth-order valence-corrected chi connectivity index (χ4v) is 2.72. The summed E-state index contributed by atoms with van der Waals surface area (Å²) in [5, 5.41) is 51.1. The van der Waals surface area contributed by atoms with E-state index in [0.29, 0.717) is 5.56 Å². The first-order valence-electron chi connectivity index (χ1n) is 7.17. The van der Waals surface area contributed by atoms with Gasteiger partial charge in [-0.25, -0.2) is 4.79 Å². The van der Waals surface area contributed by atoms with Crippen molar-refractivity contribution in [2.75, 3.05) is 24.6 Å². The molecule has 9 heteroatoms. The highest BCUT2D eigenvalue weighted by molar-refractivity contribution is 5.86. The molecular weight excluding hydrogens is 306 g/mol. The maximum Gasteiger partial charge on any atom is 0.411 e. The number of carboxylic acid groups (broad SMARTS) is 1. The van der Waals surface area contributed by atoms with E-state index in [2.05, 4.69) is 5.32 Å². The largest absolute Gasteiger partial charge is 0.508 e. The van der Waals surface area contributed by atoms with Gasteiger partial charge in [0.25, 0.3) is 0 Å². The molecule has 4 atom stereocenters. The molecule has 0 unspecified atom stereocenters. The summed E-state index contributed by atoms with van der Waals surface area (Å²) in [5.41, 5.74) is 5.92. The highest BCUT2D eigenvalue weighted by Crippen LogP contribution is 2.35. The number of nitrogens with one attached hydrogen (secondary N) is 1. The number of phenols is 1. The molecule has 1 aliphatic heterocycles. The van der Waals surface area contributed by atoms with Crippen molar-refractivity contribution >= 4 is 11.8 Å². The lowest BCUT2D eigenvalue weighted by Crippen LogP contribution is -2.35. The third-order valence-electron chi connectivity index (χ3n) is 3.94. The van der Waals surface area contributed by atoms with E-state index in [0.717, 1.165) is 4.90 Å². The molecule has 0 aliphatic carbocycles. The Labute approximate surface area is 132 Å². The van der Waals surface area contributed by atoms with Gasteiger partial charge in [-0.3, -0.25) is 4.90 Å². The van der Waals surface area contributed by atoms with Crippen LogP contribution in [-0.2, 0) is 0 Å². The summed E-state index contributed by atoms with van der Waals surface area (Å²) in [6.45, 7) is -0.164. The summed E-state index contributed by atoms with van der Waals surface area (Å²) >= 11 is 0. The van der Waals surface area contributed by atoms with Crippen LogP contribution in [0.25, 0.3) is 0 Å². The van der Waals surface area contributed by atoms with Crippen molar-refractivity contribution in [1.82, 2.24) is 5.32 Å². The van der Waals surface area contributed by atoms with Gasteiger partial charge in [0.1, 0.15) is 11.9 Å². The van der Waals surface area contributed by atoms with Gasteiger partial charge in [0, 0.05) is 24.7 Å². The summed E-state index contributed by atoms with van der Waals surface area (Å²) in [7, 11) is 0. The van der Waals surface area contributed by atoms with Gasteiger partial charge in [-0.2, -0.15) is 0 Å². The normalized spacial score (nSPS) is 27.1. The topological polar surface area (TPSA) is 160 Å². The van der Waals surface area contributed by atoms with Crippen molar-refractivity contribution in [2.24, 2.45) is 5.73 Å². The number of amides is 1. The number of anilines is 1. The second-order valence-electron chi connectivity index (χ2n) is 5.38. The number of rotatable bonds is 5. The van der Waals surface area contributed by atoms with E-state index in [-0.39, 0.29) is 31.1 Å². The molecule has 1 aromatic rings. The molecule has 0 bridgehead atoms. The average Bonchev–Trinajstić information content (AvgIpc) is 2.80. The minimum atomic E-state index is -1.21. The van der Waals surface area contributed by atoms with Gasteiger partial charge in [0.15, 0.2) is 0 Å². The minimum Gasteiger partial charge on any atom is -0.508 e. The third-order valence-corrected chi connectivity index (χ3v) is 3.94. The molecule has 1 heterocycles. The van der Waals surface area contributed by atoms with E-state index in [1.54, 1.807) is 0 Å². The van der Waals surface area contributed by atoms with Crippen LogP contribution in [0.3, 0.4) is 0 Å². The summed E-state index contributed by atoms with van der Waals surface area (Å²) < 4.78 is 0. The lowest BCUT2D eigenvalue weighted by atomic mass is 9.99. The number of benzene rings is 1. The Morgan fingerprint density at radius 3 is 2.48 bits per heavy atom. The second-order valence-corrected chi connectivity index (χ2v) is 5.38. The number of hydrogen-bond acceptors (Lipinski definition) is 7. The number of nitrogens with zero attached hydrogens (tertiary/aromatic N) is 1. The first-order chi connectivity index (χ1) is 10.9. The van der Waals surface area contributed by atoms with Crippen LogP contribution in [0.1, 0.15) is 11.6 Å².